The molecule has 0 radical (unpaired) electrons. The lowest BCUT2D eigenvalue weighted by molar-refractivity contribution is 0.434. The highest BCUT2D eigenvalue weighted by Crippen LogP contribution is 2.15. The third-order valence-corrected chi connectivity index (χ3v) is 2.97. The van der Waals surface area contributed by atoms with Crippen molar-refractivity contribution in [3.8, 4) is 5.75 Å². The Morgan fingerprint density at radius 1 is 1.25 bits per heavy atom. The van der Waals surface area contributed by atoms with Crippen LogP contribution < -0.4 is 5.32 Å². The summed E-state index contributed by atoms with van der Waals surface area (Å²) in [4.78, 5) is 0. The van der Waals surface area contributed by atoms with Gasteiger partial charge in [-0.15, -0.1) is 0 Å². The molecule has 16 heavy (non-hydrogen) atoms. The lowest BCUT2D eigenvalue weighted by Crippen LogP contribution is -2.27. The van der Waals surface area contributed by atoms with Crippen LogP contribution in [0.5, 0.6) is 5.75 Å². The van der Waals surface area contributed by atoms with E-state index >= 15 is 0 Å². The second-order valence-corrected chi connectivity index (χ2v) is 4.26. The van der Waals surface area contributed by atoms with Gasteiger partial charge in [0.25, 0.3) is 0 Å². The summed E-state index contributed by atoms with van der Waals surface area (Å²) in [5.74, 6) is 0.389. The Balaban J connectivity index is 2.40. The molecule has 90 valence electrons. The molecule has 0 heterocycles. The van der Waals surface area contributed by atoms with Gasteiger partial charge in [-0.3, -0.25) is 0 Å². The fraction of sp³-hybridized carbons (Fsp3) is 0.571. The van der Waals surface area contributed by atoms with E-state index in [4.69, 9.17) is 0 Å². The molecule has 2 nitrogen and oxygen atoms in total. The van der Waals surface area contributed by atoms with Crippen LogP contribution in [0.4, 0.5) is 0 Å². The van der Waals surface area contributed by atoms with Crippen molar-refractivity contribution in [1.29, 1.82) is 0 Å². The van der Waals surface area contributed by atoms with Crippen LogP contribution in [0.15, 0.2) is 24.3 Å². The number of rotatable bonds is 7. The van der Waals surface area contributed by atoms with E-state index in [9.17, 15) is 5.11 Å². The molecule has 2 heteroatoms. The standard InChI is InChI=1S/C14H23NO/c1-3-5-9-13(4-2)15-11-12-8-6-7-10-14(12)16/h6-8,10,13,15-16H,3-5,9,11H2,1-2H3/t13-/m1/s1. The fourth-order valence-corrected chi connectivity index (χ4v) is 1.82. The summed E-state index contributed by atoms with van der Waals surface area (Å²) < 4.78 is 0. The number of hydrogen-bond donors (Lipinski definition) is 2. The highest BCUT2D eigenvalue weighted by atomic mass is 16.3. The SMILES string of the molecule is CCCC[C@@H](CC)NCc1ccccc1O. The molecule has 0 amide bonds. The summed E-state index contributed by atoms with van der Waals surface area (Å²) >= 11 is 0. The van der Waals surface area contributed by atoms with Crippen molar-refractivity contribution in [3.05, 3.63) is 29.8 Å². The van der Waals surface area contributed by atoms with E-state index in [1.165, 1.54) is 19.3 Å². The van der Waals surface area contributed by atoms with E-state index in [1.807, 2.05) is 18.2 Å². The molecule has 0 aromatic heterocycles. The number of para-hydroxylation sites is 1. The fourth-order valence-electron chi connectivity index (χ4n) is 1.82. The minimum absolute atomic E-state index is 0.389. The van der Waals surface area contributed by atoms with Crippen molar-refractivity contribution in [1.82, 2.24) is 5.32 Å². The van der Waals surface area contributed by atoms with E-state index in [1.54, 1.807) is 6.07 Å². The summed E-state index contributed by atoms with van der Waals surface area (Å²) in [5.41, 5.74) is 0.984. The number of unbranched alkanes of at least 4 members (excludes halogenated alkanes) is 1. The van der Waals surface area contributed by atoms with Gasteiger partial charge >= 0.3 is 0 Å². The van der Waals surface area contributed by atoms with Crippen molar-refractivity contribution in [2.24, 2.45) is 0 Å². The van der Waals surface area contributed by atoms with Gasteiger partial charge in [0, 0.05) is 18.2 Å². The lowest BCUT2D eigenvalue weighted by atomic mass is 10.1. The van der Waals surface area contributed by atoms with Gasteiger partial charge in [0.15, 0.2) is 0 Å². The number of aromatic hydroxyl groups is 1. The van der Waals surface area contributed by atoms with Gasteiger partial charge in [0.05, 0.1) is 0 Å². The van der Waals surface area contributed by atoms with Crippen LogP contribution in [0.2, 0.25) is 0 Å². The summed E-state index contributed by atoms with van der Waals surface area (Å²) in [6, 6.07) is 8.09. The Morgan fingerprint density at radius 3 is 2.62 bits per heavy atom. The monoisotopic (exact) mass is 221 g/mol. The molecule has 0 saturated carbocycles. The zero-order valence-corrected chi connectivity index (χ0v) is 10.4. The van der Waals surface area contributed by atoms with Gasteiger partial charge < -0.3 is 10.4 Å². The van der Waals surface area contributed by atoms with E-state index in [0.717, 1.165) is 18.5 Å². The van der Waals surface area contributed by atoms with E-state index in [-0.39, 0.29) is 0 Å². The van der Waals surface area contributed by atoms with E-state index in [2.05, 4.69) is 19.2 Å². The molecular weight excluding hydrogens is 198 g/mol. The maximum atomic E-state index is 9.63. The predicted molar refractivity (Wildman–Crippen MR) is 68.6 cm³/mol. The maximum Gasteiger partial charge on any atom is 0.120 e. The second kappa shape index (κ2) is 7.29. The summed E-state index contributed by atoms with van der Waals surface area (Å²) in [7, 11) is 0. The molecule has 1 atom stereocenters. The Bertz CT molecular complexity index is 299. The average molecular weight is 221 g/mol. The number of benzene rings is 1. The minimum Gasteiger partial charge on any atom is -0.508 e. The van der Waals surface area contributed by atoms with Crippen molar-refractivity contribution in [3.63, 3.8) is 0 Å². The van der Waals surface area contributed by atoms with Crippen LogP contribution in [0.3, 0.4) is 0 Å². The first-order chi connectivity index (χ1) is 7.77. The van der Waals surface area contributed by atoms with Crippen LogP contribution in [0, 0.1) is 0 Å². The van der Waals surface area contributed by atoms with Crippen LogP contribution in [0.1, 0.15) is 45.1 Å². The van der Waals surface area contributed by atoms with E-state index in [0.29, 0.717) is 11.8 Å². The van der Waals surface area contributed by atoms with Gasteiger partial charge in [-0.25, -0.2) is 0 Å². The number of hydrogen-bond acceptors (Lipinski definition) is 2. The maximum absolute atomic E-state index is 9.63. The van der Waals surface area contributed by atoms with Crippen LogP contribution >= 0.6 is 0 Å². The largest absolute Gasteiger partial charge is 0.508 e. The molecule has 0 aliphatic carbocycles. The first kappa shape index (κ1) is 13.0. The normalized spacial score (nSPS) is 12.6. The molecule has 0 bridgehead atoms. The van der Waals surface area contributed by atoms with E-state index < -0.39 is 0 Å². The molecular formula is C14H23NO. The van der Waals surface area contributed by atoms with Gasteiger partial charge in [-0.05, 0) is 18.9 Å². The molecule has 1 rings (SSSR count). The molecule has 0 saturated heterocycles. The van der Waals surface area contributed by atoms with Crippen molar-refractivity contribution in [2.45, 2.75) is 52.1 Å². The minimum atomic E-state index is 0.389. The number of phenols is 1. The van der Waals surface area contributed by atoms with Gasteiger partial charge in [0.1, 0.15) is 5.75 Å². The quantitative estimate of drug-likeness (QED) is 0.739. The molecule has 0 spiro atoms. The second-order valence-electron chi connectivity index (χ2n) is 4.26. The van der Waals surface area contributed by atoms with Crippen molar-refractivity contribution >= 4 is 0 Å². The topological polar surface area (TPSA) is 32.3 Å². The zero-order valence-electron chi connectivity index (χ0n) is 10.4. The predicted octanol–water partition coefficient (Wildman–Crippen LogP) is 3.45. The zero-order chi connectivity index (χ0) is 11.8. The van der Waals surface area contributed by atoms with Gasteiger partial charge in [-0.1, -0.05) is 44.9 Å². The summed E-state index contributed by atoms with van der Waals surface area (Å²) in [5, 5.41) is 13.1. The molecule has 1 aromatic carbocycles. The van der Waals surface area contributed by atoms with Crippen molar-refractivity contribution < 1.29 is 5.11 Å². The Hall–Kier alpha value is -1.02. The summed E-state index contributed by atoms with van der Waals surface area (Å²) in [6.07, 6.45) is 4.88. The molecule has 2 N–H and O–H groups in total. The molecule has 0 fully saturated rings. The van der Waals surface area contributed by atoms with Crippen LogP contribution in [-0.4, -0.2) is 11.1 Å². The average Bonchev–Trinajstić information content (AvgIpc) is 2.31. The molecule has 0 aliphatic heterocycles. The van der Waals surface area contributed by atoms with Crippen molar-refractivity contribution in [2.75, 3.05) is 0 Å². The molecule has 0 aliphatic rings. The first-order valence-corrected chi connectivity index (χ1v) is 6.28. The highest BCUT2D eigenvalue weighted by Gasteiger charge is 2.06. The summed E-state index contributed by atoms with van der Waals surface area (Å²) in [6.45, 7) is 5.18. The smallest absolute Gasteiger partial charge is 0.120 e. The van der Waals surface area contributed by atoms with Gasteiger partial charge in [-0.2, -0.15) is 0 Å². The number of nitrogens with one attached hydrogen (secondary N) is 1. The highest BCUT2D eigenvalue weighted by molar-refractivity contribution is 5.31. The lowest BCUT2D eigenvalue weighted by Gasteiger charge is -2.16. The Morgan fingerprint density at radius 2 is 2.00 bits per heavy atom. The Kier molecular flexibility index (Phi) is 5.94. The Labute approximate surface area is 98.7 Å². The van der Waals surface area contributed by atoms with Crippen LogP contribution in [-0.2, 0) is 6.54 Å². The third kappa shape index (κ3) is 4.23. The molecule has 1 aromatic rings. The first-order valence-electron chi connectivity index (χ1n) is 6.28. The molecule has 0 unspecified atom stereocenters. The third-order valence-electron chi connectivity index (χ3n) is 2.97. The number of phenolic OH excluding ortho intramolecular Hbond substituents is 1. The van der Waals surface area contributed by atoms with Crippen LogP contribution in [0.25, 0.3) is 0 Å². The van der Waals surface area contributed by atoms with Gasteiger partial charge in [0.2, 0.25) is 0 Å².